The summed E-state index contributed by atoms with van der Waals surface area (Å²) in [5, 5.41) is 4.35. The van der Waals surface area contributed by atoms with Crippen molar-refractivity contribution in [3.05, 3.63) is 48.9 Å². The van der Waals surface area contributed by atoms with E-state index in [0.29, 0.717) is 13.2 Å². The highest BCUT2D eigenvalue weighted by Gasteiger charge is 2.15. The lowest BCUT2D eigenvalue weighted by atomic mass is 10.1. The van der Waals surface area contributed by atoms with Crippen molar-refractivity contribution in [3.63, 3.8) is 0 Å². The Balaban J connectivity index is 1.60. The molecule has 6 nitrogen and oxygen atoms in total. The van der Waals surface area contributed by atoms with E-state index in [1.54, 1.807) is 7.11 Å². The molecule has 3 aromatic rings. The van der Waals surface area contributed by atoms with Crippen molar-refractivity contribution >= 4 is 10.9 Å². The third-order valence-electron chi connectivity index (χ3n) is 4.75. The van der Waals surface area contributed by atoms with Gasteiger partial charge >= 0.3 is 0 Å². The molecule has 0 saturated carbocycles. The molecular formula is C21H25N3O3. The average molecular weight is 367 g/mol. The van der Waals surface area contributed by atoms with Crippen molar-refractivity contribution in [1.29, 1.82) is 0 Å². The van der Waals surface area contributed by atoms with Crippen LogP contribution in [0.2, 0.25) is 0 Å². The van der Waals surface area contributed by atoms with Crippen LogP contribution >= 0.6 is 0 Å². The molecule has 0 radical (unpaired) electrons. The Morgan fingerprint density at radius 1 is 1.30 bits per heavy atom. The van der Waals surface area contributed by atoms with E-state index in [0.717, 1.165) is 54.0 Å². The summed E-state index contributed by atoms with van der Waals surface area (Å²) in [4.78, 5) is 4.53. The molecule has 0 aliphatic carbocycles. The van der Waals surface area contributed by atoms with Crippen LogP contribution in [0.15, 0.2) is 48.9 Å². The first-order valence-electron chi connectivity index (χ1n) is 9.32. The number of pyridine rings is 1. The number of aromatic nitrogens is 2. The third kappa shape index (κ3) is 4.30. The molecule has 6 heteroatoms. The van der Waals surface area contributed by atoms with Crippen LogP contribution in [0.5, 0.6) is 5.75 Å². The van der Waals surface area contributed by atoms with Crippen molar-refractivity contribution in [2.45, 2.75) is 12.6 Å². The largest absolute Gasteiger partial charge is 0.490 e. The highest BCUT2D eigenvalue weighted by Crippen LogP contribution is 2.32. The van der Waals surface area contributed by atoms with Gasteiger partial charge in [0, 0.05) is 50.7 Å². The summed E-state index contributed by atoms with van der Waals surface area (Å²) in [5.74, 6) is 0.842. The first kappa shape index (κ1) is 18.0. The molecule has 1 aliphatic rings. The number of fused-ring (bicyclic) bond motifs is 1. The molecule has 0 spiro atoms. The fourth-order valence-corrected chi connectivity index (χ4v) is 3.29. The predicted octanol–water partition coefficient (Wildman–Crippen LogP) is 2.72. The van der Waals surface area contributed by atoms with E-state index in [2.05, 4.69) is 45.5 Å². The number of rotatable bonds is 7. The van der Waals surface area contributed by atoms with Crippen LogP contribution in [-0.2, 0) is 16.0 Å². The van der Waals surface area contributed by atoms with Crippen molar-refractivity contribution in [1.82, 2.24) is 14.9 Å². The molecule has 0 unspecified atom stereocenters. The maximum atomic E-state index is 6.16. The first-order chi connectivity index (χ1) is 13.3. The highest BCUT2D eigenvalue weighted by molar-refractivity contribution is 5.90. The SMILES string of the molecule is COCCn1ccc(-c2cc(OC[C@@H]3CNCCO3)c3cccnc3c2)c1. The van der Waals surface area contributed by atoms with E-state index >= 15 is 0 Å². The van der Waals surface area contributed by atoms with Gasteiger partial charge in [-0.3, -0.25) is 4.98 Å². The normalized spacial score (nSPS) is 17.3. The second kappa shape index (κ2) is 8.52. The summed E-state index contributed by atoms with van der Waals surface area (Å²) in [6.07, 6.45) is 6.08. The molecule has 2 aromatic heterocycles. The third-order valence-corrected chi connectivity index (χ3v) is 4.75. The second-order valence-electron chi connectivity index (χ2n) is 6.68. The zero-order valence-electron chi connectivity index (χ0n) is 15.6. The monoisotopic (exact) mass is 367 g/mol. The van der Waals surface area contributed by atoms with Gasteiger partial charge in [-0.15, -0.1) is 0 Å². The summed E-state index contributed by atoms with van der Waals surface area (Å²) in [6, 6.07) is 10.3. The number of morpholine rings is 1. The van der Waals surface area contributed by atoms with Gasteiger partial charge in [0.05, 0.1) is 18.7 Å². The Kier molecular flexibility index (Phi) is 5.67. The minimum atomic E-state index is 0.0734. The van der Waals surface area contributed by atoms with Gasteiger partial charge in [0.1, 0.15) is 18.5 Å². The average Bonchev–Trinajstić information content (AvgIpc) is 3.20. The number of hydrogen-bond acceptors (Lipinski definition) is 5. The van der Waals surface area contributed by atoms with Gasteiger partial charge in [0.25, 0.3) is 0 Å². The Bertz CT molecular complexity index is 887. The summed E-state index contributed by atoms with van der Waals surface area (Å²) in [6.45, 7) is 4.49. The quantitative estimate of drug-likeness (QED) is 0.696. The smallest absolute Gasteiger partial charge is 0.129 e. The standard InChI is InChI=1S/C21H25N3O3/c1-25-10-8-24-7-4-16(14-24)17-11-20-19(3-2-5-23-20)21(12-17)27-15-18-13-22-6-9-26-18/h2-5,7,11-12,14,18,22H,6,8-10,13,15H2,1H3/t18-/m0/s1. The Morgan fingerprint density at radius 3 is 3.11 bits per heavy atom. The maximum absolute atomic E-state index is 6.16. The van der Waals surface area contributed by atoms with Crippen LogP contribution in [0, 0.1) is 0 Å². The first-order valence-corrected chi connectivity index (χ1v) is 9.32. The number of benzene rings is 1. The molecule has 1 aliphatic heterocycles. The van der Waals surface area contributed by atoms with Gasteiger partial charge in [0.2, 0.25) is 0 Å². The van der Waals surface area contributed by atoms with Gasteiger partial charge in [-0.25, -0.2) is 0 Å². The van der Waals surface area contributed by atoms with Gasteiger partial charge in [-0.05, 0) is 41.5 Å². The lowest BCUT2D eigenvalue weighted by Gasteiger charge is -2.24. The maximum Gasteiger partial charge on any atom is 0.129 e. The topological polar surface area (TPSA) is 57.5 Å². The fourth-order valence-electron chi connectivity index (χ4n) is 3.29. The molecule has 1 saturated heterocycles. The molecule has 1 N–H and O–H groups in total. The van der Waals surface area contributed by atoms with E-state index in [4.69, 9.17) is 14.2 Å². The zero-order chi connectivity index (χ0) is 18.5. The number of hydrogen-bond donors (Lipinski definition) is 1. The molecule has 27 heavy (non-hydrogen) atoms. The molecule has 4 rings (SSSR count). The van der Waals surface area contributed by atoms with Crippen LogP contribution in [0.1, 0.15) is 0 Å². The van der Waals surface area contributed by atoms with Crippen LogP contribution in [0.25, 0.3) is 22.0 Å². The van der Waals surface area contributed by atoms with E-state index < -0.39 is 0 Å². The number of nitrogens with zero attached hydrogens (tertiary/aromatic N) is 2. The van der Waals surface area contributed by atoms with Gasteiger partial charge in [-0.1, -0.05) is 0 Å². The van der Waals surface area contributed by atoms with Gasteiger partial charge in [0.15, 0.2) is 0 Å². The Labute approximate surface area is 159 Å². The number of methoxy groups -OCH3 is 1. The van der Waals surface area contributed by atoms with Gasteiger partial charge < -0.3 is 24.1 Å². The van der Waals surface area contributed by atoms with Crippen molar-refractivity contribution in [2.24, 2.45) is 0 Å². The summed E-state index contributed by atoms with van der Waals surface area (Å²) < 4.78 is 19.2. The number of ether oxygens (including phenoxy) is 3. The van der Waals surface area contributed by atoms with Gasteiger partial charge in [-0.2, -0.15) is 0 Å². The molecule has 1 atom stereocenters. The van der Waals surface area contributed by atoms with Crippen LogP contribution in [0.4, 0.5) is 0 Å². The van der Waals surface area contributed by atoms with E-state index in [1.165, 1.54) is 0 Å². The lowest BCUT2D eigenvalue weighted by molar-refractivity contribution is 0.000518. The highest BCUT2D eigenvalue weighted by atomic mass is 16.5. The van der Waals surface area contributed by atoms with E-state index in [9.17, 15) is 0 Å². The summed E-state index contributed by atoms with van der Waals surface area (Å²) >= 11 is 0. The van der Waals surface area contributed by atoms with Crippen LogP contribution in [0.3, 0.4) is 0 Å². The summed E-state index contributed by atoms with van der Waals surface area (Å²) in [7, 11) is 1.72. The minimum absolute atomic E-state index is 0.0734. The van der Waals surface area contributed by atoms with Crippen molar-refractivity contribution < 1.29 is 14.2 Å². The van der Waals surface area contributed by atoms with Crippen LogP contribution < -0.4 is 10.1 Å². The molecule has 3 heterocycles. The molecule has 1 aromatic carbocycles. The second-order valence-corrected chi connectivity index (χ2v) is 6.68. The predicted molar refractivity (Wildman–Crippen MR) is 105 cm³/mol. The summed E-state index contributed by atoms with van der Waals surface area (Å²) in [5.41, 5.74) is 3.16. The van der Waals surface area contributed by atoms with Crippen molar-refractivity contribution in [2.75, 3.05) is 40.0 Å². The van der Waals surface area contributed by atoms with Crippen molar-refractivity contribution in [3.8, 4) is 16.9 Å². The Hall–Kier alpha value is -2.41. The van der Waals surface area contributed by atoms with E-state index in [1.807, 2.05) is 18.3 Å². The molecule has 0 bridgehead atoms. The number of nitrogens with one attached hydrogen (secondary N) is 1. The van der Waals surface area contributed by atoms with E-state index in [-0.39, 0.29) is 6.10 Å². The fraction of sp³-hybridized carbons (Fsp3) is 0.381. The molecule has 142 valence electrons. The zero-order valence-corrected chi connectivity index (χ0v) is 15.6. The molecular weight excluding hydrogens is 342 g/mol. The lowest BCUT2D eigenvalue weighted by Crippen LogP contribution is -2.41. The van der Waals surface area contributed by atoms with Crippen LogP contribution in [-0.4, -0.2) is 55.7 Å². The molecule has 1 fully saturated rings. The Morgan fingerprint density at radius 2 is 2.26 bits per heavy atom. The molecule has 0 amide bonds. The minimum Gasteiger partial charge on any atom is -0.490 e.